The minimum atomic E-state index is -1.51. The van der Waals surface area contributed by atoms with Crippen molar-refractivity contribution in [3.05, 3.63) is 265 Å². The van der Waals surface area contributed by atoms with Crippen LogP contribution in [-0.4, -0.2) is 0 Å². The molecule has 2 aliphatic carbocycles. The molecule has 0 amide bonds. The Bertz CT molecular complexity index is 4930. The Morgan fingerprint density at radius 2 is 0.439 bits per heavy atom. The molecule has 0 aromatic heterocycles. The van der Waals surface area contributed by atoms with Gasteiger partial charge in [-0.15, -0.1) is 0 Å². The van der Waals surface area contributed by atoms with E-state index in [1.54, 1.807) is 0 Å². The van der Waals surface area contributed by atoms with Gasteiger partial charge in [-0.05, 0) is 200 Å². The fourth-order valence-corrected chi connectivity index (χ4v) is 14.4. The first kappa shape index (κ1) is 46.6. The van der Waals surface area contributed by atoms with E-state index in [9.17, 15) is 8.78 Å². The lowest BCUT2D eigenvalue weighted by atomic mass is 9.81. The van der Waals surface area contributed by atoms with Gasteiger partial charge in [0.1, 0.15) is 0 Å². The van der Waals surface area contributed by atoms with Crippen LogP contribution in [0.3, 0.4) is 0 Å². The maximum Gasteiger partial charge on any atom is 0.194 e. The molecule has 0 radical (unpaired) electrons. The van der Waals surface area contributed by atoms with Gasteiger partial charge in [0.2, 0.25) is 0 Å². The molecule has 384 valence electrons. The summed E-state index contributed by atoms with van der Waals surface area (Å²) < 4.78 is 90.1. The normalized spacial score (nSPS) is 12.3. The van der Waals surface area contributed by atoms with Gasteiger partial charge in [0.15, 0.2) is 34.9 Å². The van der Waals surface area contributed by atoms with E-state index in [-0.39, 0.29) is 11.1 Å². The third kappa shape index (κ3) is 6.23. The van der Waals surface area contributed by atoms with Gasteiger partial charge in [0, 0.05) is 0 Å². The van der Waals surface area contributed by atoms with Gasteiger partial charge >= 0.3 is 0 Å². The molecule has 0 nitrogen and oxygen atoms in total. The average Bonchev–Trinajstić information content (AvgIpc) is 4.01. The second kappa shape index (κ2) is 17.1. The summed E-state index contributed by atoms with van der Waals surface area (Å²) in [6.07, 6.45) is 0. The van der Waals surface area contributed by atoms with Gasteiger partial charge in [-0.3, -0.25) is 0 Å². The summed E-state index contributed by atoms with van der Waals surface area (Å²) in [6.45, 7) is 0. The summed E-state index contributed by atoms with van der Waals surface area (Å²) in [5.74, 6) is -8.05. The van der Waals surface area contributed by atoms with Crippen molar-refractivity contribution >= 4 is 64.6 Å². The Morgan fingerprint density at radius 1 is 0.171 bits per heavy atom. The third-order valence-electron chi connectivity index (χ3n) is 17.5. The second-order valence-electron chi connectivity index (χ2n) is 21.6. The van der Waals surface area contributed by atoms with Gasteiger partial charge in [0.05, 0.1) is 0 Å². The molecule has 0 aliphatic heterocycles. The Hall–Kier alpha value is -10.3. The standard InChI is InChI=1S/C76H38F6/c77-59-35-41(36-60(78)75(59)81)43-19-7-9-21-45(43)67-49-25-13-11-23-47(49)63(39-15-3-1-4-16-39)71-55-31-27-51-54-30-34-58-70-56(32-28-52(66(54)70)53-29-33-57(73(67)71)69(55)65(51)53)72-64(40-17-5-2-6-18-40)48-24-12-14-26-50(48)68(74(58)72)46-22-10-8-20-44(46)42-37-61(79)76(82)62(80)38-42/h1-38H. The molecule has 0 saturated carbocycles. The van der Waals surface area contributed by atoms with Crippen molar-refractivity contribution in [2.45, 2.75) is 0 Å². The molecule has 15 aromatic rings. The highest BCUT2D eigenvalue weighted by atomic mass is 19.2. The summed E-state index contributed by atoms with van der Waals surface area (Å²) in [4.78, 5) is 0. The summed E-state index contributed by atoms with van der Waals surface area (Å²) in [6, 6.07) is 75.1. The number of hydrogen-bond acceptors (Lipinski definition) is 0. The van der Waals surface area contributed by atoms with Crippen LogP contribution < -0.4 is 0 Å². The minimum absolute atomic E-state index is 0.228. The van der Waals surface area contributed by atoms with Crippen molar-refractivity contribution in [3.63, 3.8) is 0 Å². The van der Waals surface area contributed by atoms with Crippen molar-refractivity contribution in [2.75, 3.05) is 0 Å². The smallest absolute Gasteiger partial charge is 0.194 e. The zero-order chi connectivity index (χ0) is 54.8. The molecule has 0 heterocycles. The predicted molar refractivity (Wildman–Crippen MR) is 324 cm³/mol. The molecule has 17 rings (SSSR count). The lowest BCUT2D eigenvalue weighted by molar-refractivity contribution is 0.447. The van der Waals surface area contributed by atoms with Crippen LogP contribution in [0.15, 0.2) is 231 Å². The molecule has 2 aliphatic rings. The highest BCUT2D eigenvalue weighted by Crippen LogP contribution is 2.63. The molecule has 0 unspecified atom stereocenters. The molecule has 6 heteroatoms. The monoisotopic (exact) mass is 1060 g/mol. The van der Waals surface area contributed by atoms with E-state index in [1.165, 1.54) is 0 Å². The van der Waals surface area contributed by atoms with Crippen LogP contribution in [0.25, 0.3) is 176 Å². The lowest BCUT2D eigenvalue weighted by Crippen LogP contribution is -1.96. The first-order valence-electron chi connectivity index (χ1n) is 27.2. The quantitative estimate of drug-likeness (QED) is 0.0674. The number of rotatable bonds is 6. The van der Waals surface area contributed by atoms with Gasteiger partial charge in [-0.25, -0.2) is 26.3 Å². The molecular weight excluding hydrogens is 1030 g/mol. The van der Waals surface area contributed by atoms with Crippen molar-refractivity contribution in [2.24, 2.45) is 0 Å². The highest BCUT2D eigenvalue weighted by Gasteiger charge is 2.36. The molecule has 0 saturated heterocycles. The zero-order valence-electron chi connectivity index (χ0n) is 43.2. The minimum Gasteiger partial charge on any atom is -0.204 e. The highest BCUT2D eigenvalue weighted by molar-refractivity contribution is 6.42. The topological polar surface area (TPSA) is 0 Å². The molecule has 0 atom stereocenters. The Kier molecular flexibility index (Phi) is 9.72. The van der Waals surface area contributed by atoms with Crippen molar-refractivity contribution in [1.82, 2.24) is 0 Å². The van der Waals surface area contributed by atoms with Crippen molar-refractivity contribution < 1.29 is 26.3 Å². The van der Waals surface area contributed by atoms with Crippen molar-refractivity contribution in [3.8, 4) is 111 Å². The van der Waals surface area contributed by atoms with Crippen LogP contribution in [0.2, 0.25) is 0 Å². The van der Waals surface area contributed by atoms with Crippen LogP contribution >= 0.6 is 0 Å². The lowest BCUT2D eigenvalue weighted by Gasteiger charge is -2.22. The van der Waals surface area contributed by atoms with Crippen LogP contribution in [0.4, 0.5) is 26.3 Å². The molecule has 15 aromatic carbocycles. The van der Waals surface area contributed by atoms with E-state index in [4.69, 9.17) is 0 Å². The largest absolute Gasteiger partial charge is 0.204 e. The van der Waals surface area contributed by atoms with E-state index < -0.39 is 34.9 Å². The van der Waals surface area contributed by atoms with Crippen molar-refractivity contribution in [1.29, 1.82) is 0 Å². The van der Waals surface area contributed by atoms with Crippen LogP contribution in [-0.2, 0) is 0 Å². The first-order valence-corrected chi connectivity index (χ1v) is 27.2. The summed E-state index contributed by atoms with van der Waals surface area (Å²) in [5, 5.41) is 12.7. The zero-order valence-corrected chi connectivity index (χ0v) is 43.2. The Morgan fingerprint density at radius 3 is 0.768 bits per heavy atom. The molecule has 0 spiro atoms. The maximum absolute atomic E-state index is 15.2. The van der Waals surface area contributed by atoms with E-state index in [0.717, 1.165) is 178 Å². The number of halogens is 6. The van der Waals surface area contributed by atoms with E-state index >= 15 is 17.6 Å². The molecule has 82 heavy (non-hydrogen) atoms. The fourth-order valence-electron chi connectivity index (χ4n) is 14.4. The van der Waals surface area contributed by atoms with E-state index in [0.29, 0.717) is 11.1 Å². The van der Waals surface area contributed by atoms with Gasteiger partial charge in [-0.2, -0.15) is 0 Å². The van der Waals surface area contributed by atoms with E-state index in [2.05, 4.69) is 121 Å². The fraction of sp³-hybridized carbons (Fsp3) is 0. The summed E-state index contributed by atoms with van der Waals surface area (Å²) in [5.41, 5.74) is 17.5. The molecule has 0 N–H and O–H groups in total. The van der Waals surface area contributed by atoms with Gasteiger partial charge in [-0.1, -0.05) is 206 Å². The maximum atomic E-state index is 15.2. The number of fused-ring (bicyclic) bond motifs is 10. The van der Waals surface area contributed by atoms with Gasteiger partial charge < -0.3 is 0 Å². The third-order valence-corrected chi connectivity index (χ3v) is 17.5. The van der Waals surface area contributed by atoms with Crippen LogP contribution in [0, 0.1) is 34.9 Å². The molecule has 0 fully saturated rings. The molecular formula is C76H38F6. The van der Waals surface area contributed by atoms with E-state index in [1.807, 2.05) is 84.9 Å². The number of benzene rings is 15. The summed E-state index contributed by atoms with van der Waals surface area (Å²) in [7, 11) is 0. The Balaban J connectivity index is 0.978. The summed E-state index contributed by atoms with van der Waals surface area (Å²) >= 11 is 0. The Labute approximate surface area is 465 Å². The predicted octanol–water partition coefficient (Wildman–Crippen LogP) is 22.2. The van der Waals surface area contributed by atoms with Crippen LogP contribution in [0.1, 0.15) is 0 Å². The number of hydrogen-bond donors (Lipinski definition) is 0. The first-order chi connectivity index (χ1) is 40.2. The SMILES string of the molecule is Fc1cc(-c2ccccc2-c2c3c(c(-c4ccccc4)c4ccccc24)-c2ccc4c5ccc6c7c(ccc(c8ccc-3c2c48)c75)-c2c-6c(-c3ccccc3-c3cc(F)c(F)c(F)c3)c3ccccc3c2-c2ccccc2)cc(F)c1F. The molecule has 0 bridgehead atoms. The average molecular weight is 1070 g/mol. The van der Waals surface area contributed by atoms with Gasteiger partial charge in [0.25, 0.3) is 0 Å². The second-order valence-corrected chi connectivity index (χ2v) is 21.6. The van der Waals surface area contributed by atoms with Crippen LogP contribution in [0.5, 0.6) is 0 Å².